The lowest BCUT2D eigenvalue weighted by atomic mass is 10.1. The molecule has 0 aliphatic heterocycles. The summed E-state index contributed by atoms with van der Waals surface area (Å²) in [6.07, 6.45) is 2.97. The number of anilines is 3. The molecule has 1 amide bonds. The molecule has 0 fully saturated rings. The van der Waals surface area contributed by atoms with Crippen LogP contribution in [0.4, 0.5) is 17.2 Å². The Morgan fingerprint density at radius 3 is 2.43 bits per heavy atom. The molecule has 3 rings (SSSR count). The summed E-state index contributed by atoms with van der Waals surface area (Å²) in [5.74, 6) is 1.32. The van der Waals surface area contributed by atoms with Gasteiger partial charge in [-0.05, 0) is 43.2 Å². The Balaban J connectivity index is 1.71. The molecular formula is C21H22N4O3. The van der Waals surface area contributed by atoms with Gasteiger partial charge in [0.15, 0.2) is 11.5 Å². The van der Waals surface area contributed by atoms with Gasteiger partial charge in [-0.15, -0.1) is 0 Å². The van der Waals surface area contributed by atoms with Crippen LogP contribution in [0, 0.1) is 13.8 Å². The molecule has 3 aromatic rings. The van der Waals surface area contributed by atoms with E-state index in [1.165, 1.54) is 25.1 Å². The number of methoxy groups -OCH3 is 2. The van der Waals surface area contributed by atoms with E-state index in [4.69, 9.17) is 9.47 Å². The molecule has 0 unspecified atom stereocenters. The maximum absolute atomic E-state index is 12.4. The molecule has 2 N–H and O–H groups in total. The lowest BCUT2D eigenvalue weighted by Gasteiger charge is -2.11. The first-order valence-electron chi connectivity index (χ1n) is 8.70. The second kappa shape index (κ2) is 8.39. The maximum Gasteiger partial charge on any atom is 0.275 e. The molecule has 2 aromatic carbocycles. The standard InChI is InChI=1S/C21H22N4O3/c1-13-6-5-7-16(14(13)2)25-20-12-22-17(11-23-20)21(26)24-15-8-9-18(27-3)19(10-15)28-4/h5-12H,1-4H3,(H,23,25)(H,24,26). The van der Waals surface area contributed by atoms with Crippen molar-refractivity contribution in [1.29, 1.82) is 0 Å². The zero-order valence-electron chi connectivity index (χ0n) is 16.2. The molecule has 0 spiro atoms. The van der Waals surface area contributed by atoms with Gasteiger partial charge in [0.2, 0.25) is 0 Å². The monoisotopic (exact) mass is 378 g/mol. The number of aromatic nitrogens is 2. The van der Waals surface area contributed by atoms with E-state index in [1.54, 1.807) is 25.3 Å². The van der Waals surface area contributed by atoms with E-state index in [-0.39, 0.29) is 11.6 Å². The highest BCUT2D eigenvalue weighted by atomic mass is 16.5. The van der Waals surface area contributed by atoms with E-state index in [9.17, 15) is 4.79 Å². The van der Waals surface area contributed by atoms with E-state index in [0.717, 1.165) is 11.3 Å². The molecule has 0 saturated heterocycles. The van der Waals surface area contributed by atoms with Crippen molar-refractivity contribution < 1.29 is 14.3 Å². The van der Waals surface area contributed by atoms with Gasteiger partial charge >= 0.3 is 0 Å². The molecule has 1 heterocycles. The van der Waals surface area contributed by atoms with Crippen molar-refractivity contribution in [3.8, 4) is 11.5 Å². The number of benzene rings is 2. The molecule has 0 radical (unpaired) electrons. The van der Waals surface area contributed by atoms with Crippen LogP contribution in [0.2, 0.25) is 0 Å². The highest BCUT2D eigenvalue weighted by Crippen LogP contribution is 2.30. The van der Waals surface area contributed by atoms with Crippen LogP contribution in [0.1, 0.15) is 21.6 Å². The highest BCUT2D eigenvalue weighted by molar-refractivity contribution is 6.02. The molecule has 0 atom stereocenters. The Labute approximate surface area is 163 Å². The first-order chi connectivity index (χ1) is 13.5. The number of carbonyl (C=O) groups excluding carboxylic acids is 1. The zero-order chi connectivity index (χ0) is 20.1. The van der Waals surface area contributed by atoms with E-state index >= 15 is 0 Å². The molecular weight excluding hydrogens is 356 g/mol. The van der Waals surface area contributed by atoms with Crippen molar-refractivity contribution in [3.63, 3.8) is 0 Å². The molecule has 28 heavy (non-hydrogen) atoms. The molecule has 144 valence electrons. The van der Waals surface area contributed by atoms with Gasteiger partial charge < -0.3 is 20.1 Å². The molecule has 7 heteroatoms. The topological polar surface area (TPSA) is 85.4 Å². The summed E-state index contributed by atoms with van der Waals surface area (Å²) in [6.45, 7) is 4.09. The first kappa shape index (κ1) is 19.2. The van der Waals surface area contributed by atoms with Crippen molar-refractivity contribution in [1.82, 2.24) is 9.97 Å². The summed E-state index contributed by atoms with van der Waals surface area (Å²) in [7, 11) is 3.09. The van der Waals surface area contributed by atoms with Crippen LogP contribution in [-0.2, 0) is 0 Å². The van der Waals surface area contributed by atoms with Crippen molar-refractivity contribution >= 4 is 23.1 Å². The Hall–Kier alpha value is -3.61. The summed E-state index contributed by atoms with van der Waals surface area (Å²) in [5, 5.41) is 5.99. The number of hydrogen-bond donors (Lipinski definition) is 2. The number of amides is 1. The normalized spacial score (nSPS) is 10.3. The summed E-state index contributed by atoms with van der Waals surface area (Å²) in [6, 6.07) is 11.1. The number of carbonyl (C=O) groups is 1. The van der Waals surface area contributed by atoms with Gasteiger partial charge in [0, 0.05) is 17.4 Å². The van der Waals surface area contributed by atoms with Gasteiger partial charge in [-0.2, -0.15) is 0 Å². The fraction of sp³-hybridized carbons (Fsp3) is 0.190. The van der Waals surface area contributed by atoms with Gasteiger partial charge in [0.25, 0.3) is 5.91 Å². The second-order valence-electron chi connectivity index (χ2n) is 6.18. The van der Waals surface area contributed by atoms with Gasteiger partial charge in [-0.3, -0.25) is 4.79 Å². The molecule has 0 saturated carbocycles. The third-order valence-corrected chi connectivity index (χ3v) is 4.39. The predicted molar refractivity (Wildman–Crippen MR) is 109 cm³/mol. The number of nitrogens with one attached hydrogen (secondary N) is 2. The van der Waals surface area contributed by atoms with Crippen molar-refractivity contribution in [2.24, 2.45) is 0 Å². The van der Waals surface area contributed by atoms with E-state index in [0.29, 0.717) is 23.0 Å². The predicted octanol–water partition coefficient (Wildman–Crippen LogP) is 4.11. The Bertz CT molecular complexity index is 987. The van der Waals surface area contributed by atoms with Gasteiger partial charge in [-0.25, -0.2) is 9.97 Å². The maximum atomic E-state index is 12.4. The summed E-state index contributed by atoms with van der Waals surface area (Å²) >= 11 is 0. The number of nitrogens with zero attached hydrogens (tertiary/aromatic N) is 2. The fourth-order valence-corrected chi connectivity index (χ4v) is 2.64. The quantitative estimate of drug-likeness (QED) is 0.671. The minimum absolute atomic E-state index is 0.210. The molecule has 0 aliphatic carbocycles. The van der Waals surface area contributed by atoms with Gasteiger partial charge in [-0.1, -0.05) is 12.1 Å². The van der Waals surface area contributed by atoms with E-state index in [2.05, 4.69) is 20.6 Å². The summed E-state index contributed by atoms with van der Waals surface area (Å²) < 4.78 is 10.4. The fourth-order valence-electron chi connectivity index (χ4n) is 2.64. The van der Waals surface area contributed by atoms with Crippen LogP contribution >= 0.6 is 0 Å². The summed E-state index contributed by atoms with van der Waals surface area (Å²) in [4.78, 5) is 20.9. The Morgan fingerprint density at radius 2 is 1.75 bits per heavy atom. The Kier molecular flexibility index (Phi) is 5.74. The summed E-state index contributed by atoms with van der Waals surface area (Å²) in [5.41, 5.74) is 4.06. The number of rotatable bonds is 6. The smallest absolute Gasteiger partial charge is 0.275 e. The Morgan fingerprint density at radius 1 is 0.964 bits per heavy atom. The van der Waals surface area contributed by atoms with Gasteiger partial charge in [0.1, 0.15) is 11.5 Å². The molecule has 0 bridgehead atoms. The second-order valence-corrected chi connectivity index (χ2v) is 6.18. The third-order valence-electron chi connectivity index (χ3n) is 4.39. The first-order valence-corrected chi connectivity index (χ1v) is 8.70. The van der Waals surface area contributed by atoms with Gasteiger partial charge in [0.05, 0.1) is 26.6 Å². The van der Waals surface area contributed by atoms with E-state index < -0.39 is 0 Å². The van der Waals surface area contributed by atoms with E-state index in [1.807, 2.05) is 32.0 Å². The SMILES string of the molecule is COc1ccc(NC(=O)c2cnc(Nc3cccc(C)c3C)cn2)cc1OC. The van der Waals surface area contributed by atoms with Crippen molar-refractivity contribution in [3.05, 3.63) is 65.6 Å². The van der Waals surface area contributed by atoms with Crippen LogP contribution in [0.3, 0.4) is 0 Å². The number of aryl methyl sites for hydroxylation is 1. The van der Waals surface area contributed by atoms with Crippen molar-refractivity contribution in [2.75, 3.05) is 24.9 Å². The lowest BCUT2D eigenvalue weighted by molar-refractivity contribution is 0.102. The highest BCUT2D eigenvalue weighted by Gasteiger charge is 2.11. The van der Waals surface area contributed by atoms with Crippen LogP contribution in [-0.4, -0.2) is 30.1 Å². The molecule has 0 aliphatic rings. The molecule has 1 aromatic heterocycles. The average Bonchev–Trinajstić information content (AvgIpc) is 2.71. The lowest BCUT2D eigenvalue weighted by Crippen LogP contribution is -2.14. The average molecular weight is 378 g/mol. The number of hydrogen-bond acceptors (Lipinski definition) is 6. The third kappa shape index (κ3) is 4.20. The van der Waals surface area contributed by atoms with Crippen LogP contribution in [0.5, 0.6) is 11.5 Å². The van der Waals surface area contributed by atoms with Crippen molar-refractivity contribution in [2.45, 2.75) is 13.8 Å². The van der Waals surface area contributed by atoms with Crippen LogP contribution < -0.4 is 20.1 Å². The number of ether oxygens (including phenoxy) is 2. The molecule has 7 nitrogen and oxygen atoms in total. The minimum Gasteiger partial charge on any atom is -0.493 e. The van der Waals surface area contributed by atoms with Crippen LogP contribution in [0.25, 0.3) is 0 Å². The van der Waals surface area contributed by atoms with Crippen LogP contribution in [0.15, 0.2) is 48.8 Å². The zero-order valence-corrected chi connectivity index (χ0v) is 16.2. The largest absolute Gasteiger partial charge is 0.493 e. The minimum atomic E-state index is -0.363.